The van der Waals surface area contributed by atoms with Crippen LogP contribution in [0.15, 0.2) is 24.3 Å². The summed E-state index contributed by atoms with van der Waals surface area (Å²) in [6, 6.07) is 9.01. The lowest BCUT2D eigenvalue weighted by Gasteiger charge is -2.22. The highest BCUT2D eigenvalue weighted by Gasteiger charge is 2.16. The maximum absolute atomic E-state index is 3.00. The summed E-state index contributed by atoms with van der Waals surface area (Å²) in [5.41, 5.74) is 3.05. The molecule has 0 amide bonds. The van der Waals surface area contributed by atoms with Gasteiger partial charge in [-0.15, -0.1) is 9.24 Å². The van der Waals surface area contributed by atoms with E-state index in [4.69, 9.17) is 0 Å². The molecule has 0 saturated heterocycles. The molecular weight excluding hydrogens is 379 g/mol. The van der Waals surface area contributed by atoms with Gasteiger partial charge in [0.25, 0.3) is 0 Å². The summed E-state index contributed by atoms with van der Waals surface area (Å²) >= 11 is 0. The van der Waals surface area contributed by atoms with Crippen molar-refractivity contribution in [1.29, 1.82) is 0 Å². The van der Waals surface area contributed by atoms with Crippen LogP contribution < -0.4 is 0 Å². The Kier molecular flexibility index (Phi) is 16.8. The van der Waals surface area contributed by atoms with Crippen LogP contribution >= 0.6 is 9.24 Å². The van der Waals surface area contributed by atoms with Crippen LogP contribution in [-0.2, 0) is 11.6 Å². The summed E-state index contributed by atoms with van der Waals surface area (Å²) in [6.45, 7) is 6.90. The van der Waals surface area contributed by atoms with Gasteiger partial charge in [-0.05, 0) is 24.0 Å². The summed E-state index contributed by atoms with van der Waals surface area (Å²) < 4.78 is 0. The Morgan fingerprint density at radius 2 is 0.933 bits per heavy atom. The third kappa shape index (κ3) is 14.6. The van der Waals surface area contributed by atoms with Crippen molar-refractivity contribution in [2.45, 2.75) is 148 Å². The SMILES string of the molecule is CCCCCCCCCCCCCCCCCCCCc1ccccc1C(C)(C)P. The van der Waals surface area contributed by atoms with E-state index in [1.807, 2.05) is 0 Å². The van der Waals surface area contributed by atoms with Crippen molar-refractivity contribution in [3.05, 3.63) is 35.4 Å². The molecule has 0 spiro atoms. The molecule has 1 heteroatoms. The second kappa shape index (κ2) is 18.2. The minimum atomic E-state index is 0.185. The van der Waals surface area contributed by atoms with Gasteiger partial charge < -0.3 is 0 Å². The lowest BCUT2D eigenvalue weighted by molar-refractivity contribution is 0.525. The van der Waals surface area contributed by atoms with E-state index in [2.05, 4.69) is 54.3 Å². The first-order chi connectivity index (χ1) is 14.6. The van der Waals surface area contributed by atoms with E-state index in [-0.39, 0.29) is 5.16 Å². The van der Waals surface area contributed by atoms with Gasteiger partial charge in [0.05, 0.1) is 0 Å². The van der Waals surface area contributed by atoms with Gasteiger partial charge in [0.1, 0.15) is 0 Å². The van der Waals surface area contributed by atoms with Gasteiger partial charge in [-0.1, -0.05) is 154 Å². The van der Waals surface area contributed by atoms with Gasteiger partial charge in [-0.2, -0.15) is 0 Å². The number of benzene rings is 1. The van der Waals surface area contributed by atoms with E-state index < -0.39 is 0 Å². The van der Waals surface area contributed by atoms with Crippen LogP contribution in [0, 0.1) is 0 Å². The maximum Gasteiger partial charge on any atom is 0.00440 e. The normalized spacial score (nSPS) is 11.9. The van der Waals surface area contributed by atoms with Crippen LogP contribution in [0.25, 0.3) is 0 Å². The van der Waals surface area contributed by atoms with Crippen molar-refractivity contribution in [2.75, 3.05) is 0 Å². The quantitative estimate of drug-likeness (QED) is 0.142. The minimum Gasteiger partial charge on any atom is -0.127 e. The third-order valence-corrected chi connectivity index (χ3v) is 6.82. The van der Waals surface area contributed by atoms with E-state index in [9.17, 15) is 0 Å². The summed E-state index contributed by atoms with van der Waals surface area (Å²) in [5.74, 6) is 0. The van der Waals surface area contributed by atoms with Crippen LogP contribution in [0.2, 0.25) is 0 Å². The molecule has 0 aliphatic heterocycles. The zero-order chi connectivity index (χ0) is 21.9. The standard InChI is InChI=1S/C29H53P/c1-4-5-6-7-8-9-10-11-12-13-14-15-16-17-18-19-20-21-24-27-25-22-23-26-28(27)29(2,3)30/h22-23,25-26H,4-21,24,30H2,1-3H3. The number of hydrogen-bond acceptors (Lipinski definition) is 0. The van der Waals surface area contributed by atoms with E-state index in [1.54, 1.807) is 5.56 Å². The zero-order valence-electron chi connectivity index (χ0n) is 20.8. The van der Waals surface area contributed by atoms with Crippen molar-refractivity contribution in [1.82, 2.24) is 0 Å². The molecule has 1 unspecified atom stereocenters. The van der Waals surface area contributed by atoms with Crippen molar-refractivity contribution < 1.29 is 0 Å². The highest BCUT2D eigenvalue weighted by Crippen LogP contribution is 2.33. The summed E-state index contributed by atoms with van der Waals surface area (Å²) in [5, 5.41) is 0.185. The Morgan fingerprint density at radius 3 is 1.33 bits per heavy atom. The molecule has 0 aromatic heterocycles. The van der Waals surface area contributed by atoms with Crippen LogP contribution in [-0.4, -0.2) is 0 Å². The van der Waals surface area contributed by atoms with Crippen molar-refractivity contribution in [3.8, 4) is 0 Å². The summed E-state index contributed by atoms with van der Waals surface area (Å²) in [7, 11) is 3.00. The summed E-state index contributed by atoms with van der Waals surface area (Å²) in [6.07, 6.45) is 27.3. The molecule has 30 heavy (non-hydrogen) atoms. The molecule has 0 bridgehead atoms. The van der Waals surface area contributed by atoms with Gasteiger partial charge in [-0.25, -0.2) is 0 Å². The predicted molar refractivity (Wildman–Crippen MR) is 142 cm³/mol. The van der Waals surface area contributed by atoms with Crippen LogP contribution in [0.3, 0.4) is 0 Å². The summed E-state index contributed by atoms with van der Waals surface area (Å²) in [4.78, 5) is 0. The smallest absolute Gasteiger partial charge is 0.00440 e. The molecule has 0 aliphatic carbocycles. The molecule has 0 radical (unpaired) electrons. The second-order valence-electron chi connectivity index (χ2n) is 10.1. The van der Waals surface area contributed by atoms with E-state index in [1.165, 1.54) is 128 Å². The lowest BCUT2D eigenvalue weighted by atomic mass is 9.93. The van der Waals surface area contributed by atoms with E-state index in [0.29, 0.717) is 0 Å². The fourth-order valence-electron chi connectivity index (χ4n) is 4.58. The average molecular weight is 433 g/mol. The second-order valence-corrected chi connectivity index (χ2v) is 11.6. The first kappa shape index (κ1) is 27.7. The molecule has 1 atom stereocenters. The zero-order valence-corrected chi connectivity index (χ0v) is 22.0. The Bertz CT molecular complexity index is 499. The van der Waals surface area contributed by atoms with Crippen LogP contribution in [0.5, 0.6) is 0 Å². The molecule has 0 fully saturated rings. The Labute approximate surface area is 192 Å². The van der Waals surface area contributed by atoms with Gasteiger partial charge in [-0.3, -0.25) is 0 Å². The average Bonchev–Trinajstić information content (AvgIpc) is 2.72. The molecule has 174 valence electrons. The Balaban J connectivity index is 1.86. The molecule has 0 aliphatic rings. The largest absolute Gasteiger partial charge is 0.127 e. The number of rotatable bonds is 20. The van der Waals surface area contributed by atoms with Crippen molar-refractivity contribution >= 4 is 9.24 Å². The molecule has 0 N–H and O–H groups in total. The molecule has 0 nitrogen and oxygen atoms in total. The fraction of sp³-hybridized carbons (Fsp3) is 0.793. The lowest BCUT2D eigenvalue weighted by Crippen LogP contribution is -2.10. The number of aryl methyl sites for hydroxylation is 1. The molecule has 1 aromatic rings. The molecule has 1 rings (SSSR count). The highest BCUT2D eigenvalue weighted by atomic mass is 31.0. The molecule has 1 aromatic carbocycles. The molecule has 0 saturated carbocycles. The first-order valence-corrected chi connectivity index (χ1v) is 14.0. The first-order valence-electron chi connectivity index (χ1n) is 13.4. The Hall–Kier alpha value is -0.350. The monoisotopic (exact) mass is 432 g/mol. The number of unbranched alkanes of at least 4 members (excludes halogenated alkanes) is 17. The minimum absolute atomic E-state index is 0.185. The van der Waals surface area contributed by atoms with Crippen molar-refractivity contribution in [2.24, 2.45) is 0 Å². The van der Waals surface area contributed by atoms with Crippen molar-refractivity contribution in [3.63, 3.8) is 0 Å². The number of hydrogen-bond donors (Lipinski definition) is 0. The van der Waals surface area contributed by atoms with Crippen LogP contribution in [0.1, 0.15) is 147 Å². The van der Waals surface area contributed by atoms with Gasteiger partial charge in [0.15, 0.2) is 0 Å². The molecular formula is C29H53P. The third-order valence-electron chi connectivity index (χ3n) is 6.51. The highest BCUT2D eigenvalue weighted by molar-refractivity contribution is 7.18. The van der Waals surface area contributed by atoms with Crippen LogP contribution in [0.4, 0.5) is 0 Å². The maximum atomic E-state index is 3.00. The van der Waals surface area contributed by atoms with E-state index >= 15 is 0 Å². The van der Waals surface area contributed by atoms with Gasteiger partial charge in [0, 0.05) is 5.16 Å². The Morgan fingerprint density at radius 1 is 0.567 bits per heavy atom. The topological polar surface area (TPSA) is 0 Å². The van der Waals surface area contributed by atoms with Gasteiger partial charge >= 0.3 is 0 Å². The molecule has 0 heterocycles. The van der Waals surface area contributed by atoms with E-state index in [0.717, 1.165) is 0 Å². The van der Waals surface area contributed by atoms with Gasteiger partial charge in [0.2, 0.25) is 0 Å². The fourth-order valence-corrected chi connectivity index (χ4v) is 4.87. The predicted octanol–water partition coefficient (Wildman–Crippen LogP) is 10.4.